The van der Waals surface area contributed by atoms with Crippen LogP contribution in [-0.2, 0) is 0 Å². The molecule has 0 saturated carbocycles. The van der Waals surface area contributed by atoms with Crippen LogP contribution in [0.5, 0.6) is 11.5 Å². The van der Waals surface area contributed by atoms with Crippen LogP contribution >= 0.6 is 0 Å². The maximum Gasteiger partial charge on any atom is 0.379 e. The van der Waals surface area contributed by atoms with Crippen molar-refractivity contribution in [2.45, 2.75) is 26.3 Å². The topological polar surface area (TPSA) is 73.1 Å². The molecule has 0 bridgehead atoms. The van der Waals surface area contributed by atoms with Crippen molar-refractivity contribution >= 4 is 12.2 Å². The highest BCUT2D eigenvalue weighted by molar-refractivity contribution is 5.89. The summed E-state index contributed by atoms with van der Waals surface area (Å²) in [7, 11) is 1.51. The molecule has 0 aliphatic rings. The van der Waals surface area contributed by atoms with Gasteiger partial charge in [0.15, 0.2) is 11.5 Å². The highest BCUT2D eigenvalue weighted by Gasteiger charge is 2.15. The zero-order valence-corrected chi connectivity index (χ0v) is 13.6. The first-order chi connectivity index (χ1) is 10.9. The van der Waals surface area contributed by atoms with Gasteiger partial charge < -0.3 is 19.3 Å². The minimum absolute atomic E-state index is 0.112. The largest absolute Gasteiger partial charge is 0.493 e. The van der Waals surface area contributed by atoms with Gasteiger partial charge in [-0.15, -0.1) is 0 Å². The van der Waals surface area contributed by atoms with Crippen LogP contribution in [0.1, 0.15) is 36.9 Å². The molecule has 0 unspecified atom stereocenters. The molecule has 0 fully saturated rings. The van der Waals surface area contributed by atoms with E-state index in [1.54, 1.807) is 30.5 Å². The Hall–Kier alpha value is -2.76. The molecule has 6 heteroatoms. The maximum atomic E-state index is 11.9. The zero-order valence-electron chi connectivity index (χ0n) is 13.6. The molecule has 0 atom stereocenters. The molecule has 2 aromatic rings. The average Bonchev–Trinajstić information content (AvgIpc) is 3.01. The van der Waals surface area contributed by atoms with Crippen molar-refractivity contribution in [3.05, 3.63) is 47.9 Å². The van der Waals surface area contributed by atoms with Gasteiger partial charge in [0.25, 0.3) is 0 Å². The van der Waals surface area contributed by atoms with E-state index in [4.69, 9.17) is 13.9 Å². The molecule has 0 spiro atoms. The number of ether oxygens (including phenoxy) is 2. The summed E-state index contributed by atoms with van der Waals surface area (Å²) in [4.78, 5) is 11.9. The SMILES string of the molecule is COc1cc(C=NNC(C)(C)C)ccc1OC(=O)c1ccco1. The molecule has 0 aliphatic heterocycles. The predicted octanol–water partition coefficient (Wildman–Crippen LogP) is 3.23. The van der Waals surface area contributed by atoms with E-state index < -0.39 is 5.97 Å². The fourth-order valence-electron chi connectivity index (χ4n) is 1.69. The molecule has 6 nitrogen and oxygen atoms in total. The van der Waals surface area contributed by atoms with E-state index in [-0.39, 0.29) is 11.3 Å². The molecule has 0 amide bonds. The third kappa shape index (κ3) is 4.88. The second-order valence-corrected chi connectivity index (χ2v) is 5.90. The van der Waals surface area contributed by atoms with Gasteiger partial charge in [-0.25, -0.2) is 4.79 Å². The number of methoxy groups -OCH3 is 1. The molecular formula is C17H20N2O4. The first kappa shape index (κ1) is 16.6. The molecule has 1 heterocycles. The summed E-state index contributed by atoms with van der Waals surface area (Å²) in [6.07, 6.45) is 3.08. The van der Waals surface area contributed by atoms with Gasteiger partial charge in [-0.2, -0.15) is 5.10 Å². The Labute approximate surface area is 135 Å². The Morgan fingerprint density at radius 1 is 1.26 bits per heavy atom. The fraction of sp³-hybridized carbons (Fsp3) is 0.294. The summed E-state index contributed by atoms with van der Waals surface area (Å²) >= 11 is 0. The summed E-state index contributed by atoms with van der Waals surface area (Å²) in [5.74, 6) is 0.302. The van der Waals surface area contributed by atoms with E-state index in [0.29, 0.717) is 11.5 Å². The molecule has 1 aromatic carbocycles. The van der Waals surface area contributed by atoms with Crippen molar-refractivity contribution in [3.63, 3.8) is 0 Å². The molecule has 0 aliphatic carbocycles. The molecule has 1 aromatic heterocycles. The van der Waals surface area contributed by atoms with Crippen molar-refractivity contribution in [2.24, 2.45) is 5.10 Å². The van der Waals surface area contributed by atoms with E-state index in [9.17, 15) is 4.79 Å². The lowest BCUT2D eigenvalue weighted by atomic mass is 10.1. The number of hydrazone groups is 1. The van der Waals surface area contributed by atoms with E-state index in [0.717, 1.165) is 5.56 Å². The quantitative estimate of drug-likeness (QED) is 0.397. The highest BCUT2D eigenvalue weighted by atomic mass is 16.6. The molecule has 122 valence electrons. The van der Waals surface area contributed by atoms with Gasteiger partial charge in [-0.05, 0) is 56.7 Å². The molecular weight excluding hydrogens is 296 g/mol. The smallest absolute Gasteiger partial charge is 0.379 e. The minimum atomic E-state index is -0.580. The van der Waals surface area contributed by atoms with Gasteiger partial charge in [0.05, 0.1) is 19.6 Å². The van der Waals surface area contributed by atoms with E-state index in [1.807, 2.05) is 20.8 Å². The predicted molar refractivity (Wildman–Crippen MR) is 87.1 cm³/mol. The first-order valence-electron chi connectivity index (χ1n) is 7.13. The van der Waals surface area contributed by atoms with Gasteiger partial charge in [0, 0.05) is 5.54 Å². The number of nitrogens with one attached hydrogen (secondary N) is 1. The van der Waals surface area contributed by atoms with Crippen LogP contribution in [0.25, 0.3) is 0 Å². The zero-order chi connectivity index (χ0) is 16.9. The highest BCUT2D eigenvalue weighted by Crippen LogP contribution is 2.28. The summed E-state index contributed by atoms with van der Waals surface area (Å²) in [6.45, 7) is 6.05. The van der Waals surface area contributed by atoms with Crippen molar-refractivity contribution in [1.82, 2.24) is 5.43 Å². The van der Waals surface area contributed by atoms with E-state index in [2.05, 4.69) is 10.5 Å². The standard InChI is InChI=1S/C17H20N2O4/c1-17(2,3)19-18-11-12-7-8-13(15(10-12)21-4)23-16(20)14-6-5-9-22-14/h5-11,19H,1-4H3. The maximum absolute atomic E-state index is 11.9. The Balaban J connectivity index is 2.12. The second kappa shape index (κ2) is 7.00. The Morgan fingerprint density at radius 3 is 2.65 bits per heavy atom. The fourth-order valence-corrected chi connectivity index (χ4v) is 1.69. The average molecular weight is 316 g/mol. The van der Waals surface area contributed by atoms with Crippen LogP contribution in [0.3, 0.4) is 0 Å². The van der Waals surface area contributed by atoms with Crippen LogP contribution in [0.15, 0.2) is 46.1 Å². The summed E-state index contributed by atoms with van der Waals surface area (Å²) in [5, 5.41) is 4.17. The Kier molecular flexibility index (Phi) is 5.05. The van der Waals surface area contributed by atoms with Gasteiger partial charge in [0.1, 0.15) is 0 Å². The van der Waals surface area contributed by atoms with Crippen LogP contribution in [0.4, 0.5) is 0 Å². The van der Waals surface area contributed by atoms with Crippen molar-refractivity contribution < 1.29 is 18.7 Å². The first-order valence-corrected chi connectivity index (χ1v) is 7.13. The van der Waals surface area contributed by atoms with Crippen molar-refractivity contribution in [1.29, 1.82) is 0 Å². The number of nitrogens with zero attached hydrogens (tertiary/aromatic N) is 1. The number of hydrogen-bond donors (Lipinski definition) is 1. The Bertz CT molecular complexity index is 685. The minimum Gasteiger partial charge on any atom is -0.493 e. The lowest BCUT2D eigenvalue weighted by molar-refractivity contribution is 0.0696. The number of benzene rings is 1. The third-order valence-corrected chi connectivity index (χ3v) is 2.73. The van der Waals surface area contributed by atoms with Crippen LogP contribution in [0.2, 0.25) is 0 Å². The molecule has 23 heavy (non-hydrogen) atoms. The number of furan rings is 1. The van der Waals surface area contributed by atoms with Crippen LogP contribution < -0.4 is 14.9 Å². The van der Waals surface area contributed by atoms with Gasteiger partial charge in [0.2, 0.25) is 5.76 Å². The van der Waals surface area contributed by atoms with Crippen LogP contribution in [0, 0.1) is 0 Å². The molecule has 0 saturated heterocycles. The van der Waals surface area contributed by atoms with E-state index >= 15 is 0 Å². The summed E-state index contributed by atoms with van der Waals surface area (Å²) in [5.41, 5.74) is 3.71. The molecule has 0 radical (unpaired) electrons. The van der Waals surface area contributed by atoms with Crippen molar-refractivity contribution in [3.8, 4) is 11.5 Å². The lowest BCUT2D eigenvalue weighted by Gasteiger charge is -2.17. The Morgan fingerprint density at radius 2 is 2.04 bits per heavy atom. The normalized spacial score (nSPS) is 11.5. The van der Waals surface area contributed by atoms with Gasteiger partial charge >= 0.3 is 5.97 Å². The number of esters is 1. The third-order valence-electron chi connectivity index (χ3n) is 2.73. The number of hydrogen-bond acceptors (Lipinski definition) is 6. The summed E-state index contributed by atoms with van der Waals surface area (Å²) < 4.78 is 15.5. The monoisotopic (exact) mass is 316 g/mol. The van der Waals surface area contributed by atoms with Crippen molar-refractivity contribution in [2.75, 3.05) is 7.11 Å². The molecule has 2 rings (SSSR count). The van der Waals surface area contributed by atoms with Gasteiger partial charge in [-0.1, -0.05) is 0 Å². The second-order valence-electron chi connectivity index (χ2n) is 5.90. The molecule has 1 N–H and O–H groups in total. The number of carbonyl (C=O) groups excluding carboxylic acids is 1. The van der Waals surface area contributed by atoms with Gasteiger partial charge in [-0.3, -0.25) is 0 Å². The lowest BCUT2D eigenvalue weighted by Crippen LogP contribution is -2.31. The van der Waals surface area contributed by atoms with Crippen LogP contribution in [-0.4, -0.2) is 24.8 Å². The van der Waals surface area contributed by atoms with E-state index in [1.165, 1.54) is 19.4 Å². The summed E-state index contributed by atoms with van der Waals surface area (Å²) in [6, 6.07) is 8.32. The number of carbonyl (C=O) groups is 1. The number of rotatable bonds is 5.